The number of benzene rings is 2. The van der Waals surface area contributed by atoms with Crippen LogP contribution in [-0.2, 0) is 6.42 Å². The van der Waals surface area contributed by atoms with E-state index in [9.17, 15) is 8.78 Å². The van der Waals surface area contributed by atoms with Gasteiger partial charge < -0.3 is 0 Å². The molecule has 2 aromatic carbocycles. The van der Waals surface area contributed by atoms with Crippen LogP contribution in [0.2, 0.25) is 0 Å². The molecular formula is C19H16F2. The highest BCUT2D eigenvalue weighted by Gasteiger charge is 2.13. The Kier molecular flexibility index (Phi) is 4.90. The Morgan fingerprint density at radius 2 is 1.76 bits per heavy atom. The zero-order valence-electron chi connectivity index (χ0n) is 11.9. The highest BCUT2D eigenvalue weighted by atomic mass is 19.2. The lowest BCUT2D eigenvalue weighted by atomic mass is 10.00. The zero-order valence-corrected chi connectivity index (χ0v) is 11.9. The van der Waals surface area contributed by atoms with Gasteiger partial charge in [-0.3, -0.25) is 0 Å². The zero-order chi connectivity index (χ0) is 15.2. The molecule has 0 N–H and O–H groups in total. The summed E-state index contributed by atoms with van der Waals surface area (Å²) in [5, 5.41) is 0. The topological polar surface area (TPSA) is 0 Å². The van der Waals surface area contributed by atoms with Gasteiger partial charge >= 0.3 is 0 Å². The number of allylic oxidation sites excluding steroid dienone is 1. The molecule has 0 heterocycles. The summed E-state index contributed by atoms with van der Waals surface area (Å²) >= 11 is 0. The summed E-state index contributed by atoms with van der Waals surface area (Å²) in [4.78, 5) is 0. The predicted molar refractivity (Wildman–Crippen MR) is 82.9 cm³/mol. The van der Waals surface area contributed by atoms with E-state index in [0.29, 0.717) is 5.56 Å². The molecule has 0 aliphatic carbocycles. The van der Waals surface area contributed by atoms with E-state index in [4.69, 9.17) is 0 Å². The third-order valence-corrected chi connectivity index (χ3v) is 3.24. The second kappa shape index (κ2) is 6.85. The van der Waals surface area contributed by atoms with Crippen LogP contribution in [0.25, 0.3) is 11.1 Å². The lowest BCUT2D eigenvalue weighted by molar-refractivity contribution is 0.509. The maximum absolute atomic E-state index is 14.1. The normalized spacial score (nSPS) is 9.86. The van der Waals surface area contributed by atoms with Crippen LogP contribution in [0.15, 0.2) is 49.1 Å². The van der Waals surface area contributed by atoms with Gasteiger partial charge in [0.25, 0.3) is 0 Å². The van der Waals surface area contributed by atoms with E-state index in [0.717, 1.165) is 18.4 Å². The van der Waals surface area contributed by atoms with Gasteiger partial charge in [-0.15, -0.1) is 12.5 Å². The highest BCUT2D eigenvalue weighted by Crippen LogP contribution is 2.26. The number of hydrogen-bond donors (Lipinski definition) is 0. The second-order valence-electron chi connectivity index (χ2n) is 4.69. The van der Waals surface area contributed by atoms with Gasteiger partial charge in [0.15, 0.2) is 11.6 Å². The molecule has 0 spiro atoms. The first-order chi connectivity index (χ1) is 10.2. The van der Waals surface area contributed by atoms with Crippen molar-refractivity contribution in [2.45, 2.75) is 19.8 Å². The molecule has 0 bridgehead atoms. The van der Waals surface area contributed by atoms with E-state index in [1.165, 1.54) is 6.07 Å². The van der Waals surface area contributed by atoms with Crippen molar-refractivity contribution in [2.24, 2.45) is 0 Å². The van der Waals surface area contributed by atoms with Crippen molar-refractivity contribution in [1.29, 1.82) is 0 Å². The van der Waals surface area contributed by atoms with Crippen LogP contribution in [0, 0.1) is 23.5 Å². The van der Waals surface area contributed by atoms with E-state index in [2.05, 4.69) is 18.4 Å². The highest BCUT2D eigenvalue weighted by molar-refractivity contribution is 5.65. The minimum Gasteiger partial charge on any atom is -0.203 e. The molecule has 0 aliphatic rings. The first-order valence-corrected chi connectivity index (χ1v) is 6.78. The molecule has 21 heavy (non-hydrogen) atoms. The molecule has 0 aliphatic heterocycles. The van der Waals surface area contributed by atoms with E-state index in [1.54, 1.807) is 25.1 Å². The molecule has 0 amide bonds. The summed E-state index contributed by atoms with van der Waals surface area (Å²) in [5.41, 5.74) is 2.14. The van der Waals surface area contributed by atoms with E-state index in [1.807, 2.05) is 18.2 Å². The molecule has 106 valence electrons. The Bertz CT molecular complexity index is 701. The fourth-order valence-corrected chi connectivity index (χ4v) is 2.12. The third kappa shape index (κ3) is 3.38. The first-order valence-electron chi connectivity index (χ1n) is 6.78. The third-order valence-electron chi connectivity index (χ3n) is 3.24. The number of rotatable bonds is 4. The van der Waals surface area contributed by atoms with Crippen molar-refractivity contribution >= 4 is 0 Å². The fourth-order valence-electron chi connectivity index (χ4n) is 2.12. The molecule has 0 fully saturated rings. The van der Waals surface area contributed by atoms with Crippen molar-refractivity contribution in [3.63, 3.8) is 0 Å². The number of hydrogen-bond acceptors (Lipinski definition) is 0. The molecule has 0 atom stereocenters. The maximum atomic E-state index is 14.1. The number of halogens is 2. The molecule has 0 unspecified atom stereocenters. The van der Waals surface area contributed by atoms with Gasteiger partial charge in [0.2, 0.25) is 0 Å². The Morgan fingerprint density at radius 1 is 1.05 bits per heavy atom. The standard InChI is InChI=1S/C19H16F2/c1-3-5-7-14-8-10-15(11-9-14)17-13-12-16(6-4-2)18(20)19(17)21/h3,8-13H,1,5,7H2,2H3. The van der Waals surface area contributed by atoms with Gasteiger partial charge in [0.1, 0.15) is 0 Å². The van der Waals surface area contributed by atoms with Gasteiger partial charge in [0.05, 0.1) is 5.56 Å². The summed E-state index contributed by atoms with van der Waals surface area (Å²) in [7, 11) is 0. The molecule has 0 nitrogen and oxygen atoms in total. The van der Waals surface area contributed by atoms with Crippen LogP contribution in [0.1, 0.15) is 24.5 Å². The van der Waals surface area contributed by atoms with E-state index < -0.39 is 11.6 Å². The van der Waals surface area contributed by atoms with Crippen LogP contribution >= 0.6 is 0 Å². The molecule has 0 aromatic heterocycles. The molecule has 2 rings (SSSR count). The smallest absolute Gasteiger partial charge is 0.175 e. The Balaban J connectivity index is 2.35. The van der Waals surface area contributed by atoms with Gasteiger partial charge in [-0.05, 0) is 43.0 Å². The summed E-state index contributed by atoms with van der Waals surface area (Å²) < 4.78 is 28.0. The van der Waals surface area contributed by atoms with Gasteiger partial charge in [-0.25, -0.2) is 8.78 Å². The largest absolute Gasteiger partial charge is 0.203 e. The van der Waals surface area contributed by atoms with Gasteiger partial charge in [0, 0.05) is 5.56 Å². The second-order valence-corrected chi connectivity index (χ2v) is 4.69. The van der Waals surface area contributed by atoms with Crippen LogP contribution in [0.4, 0.5) is 8.78 Å². The molecule has 2 aromatic rings. The average molecular weight is 282 g/mol. The minimum absolute atomic E-state index is 0.0846. The molecule has 0 saturated carbocycles. The lowest BCUT2D eigenvalue weighted by Gasteiger charge is -2.07. The summed E-state index contributed by atoms with van der Waals surface area (Å²) in [6.07, 6.45) is 3.65. The van der Waals surface area contributed by atoms with E-state index in [-0.39, 0.29) is 11.1 Å². The Labute approximate surface area is 124 Å². The Morgan fingerprint density at radius 3 is 2.38 bits per heavy atom. The van der Waals surface area contributed by atoms with Gasteiger partial charge in [-0.2, -0.15) is 0 Å². The summed E-state index contributed by atoms with van der Waals surface area (Å²) in [6.45, 7) is 5.27. The van der Waals surface area contributed by atoms with Crippen LogP contribution in [0.5, 0.6) is 0 Å². The SMILES string of the molecule is C=CCCc1ccc(-c2ccc(C#CC)c(F)c2F)cc1. The van der Waals surface area contributed by atoms with Crippen LogP contribution in [-0.4, -0.2) is 0 Å². The van der Waals surface area contributed by atoms with Gasteiger partial charge in [-0.1, -0.05) is 36.3 Å². The average Bonchev–Trinajstić information content (AvgIpc) is 2.51. The Hall–Kier alpha value is -2.40. The summed E-state index contributed by atoms with van der Waals surface area (Å²) in [6, 6.07) is 10.5. The van der Waals surface area contributed by atoms with Crippen LogP contribution < -0.4 is 0 Å². The van der Waals surface area contributed by atoms with Crippen molar-refractivity contribution < 1.29 is 8.78 Å². The monoisotopic (exact) mass is 282 g/mol. The molecule has 2 heteroatoms. The molecule has 0 saturated heterocycles. The lowest BCUT2D eigenvalue weighted by Crippen LogP contribution is -1.94. The van der Waals surface area contributed by atoms with Crippen molar-refractivity contribution in [2.75, 3.05) is 0 Å². The number of aryl methyl sites for hydroxylation is 1. The van der Waals surface area contributed by atoms with Crippen molar-refractivity contribution in [3.05, 3.63) is 71.8 Å². The molecule has 0 radical (unpaired) electrons. The van der Waals surface area contributed by atoms with E-state index >= 15 is 0 Å². The van der Waals surface area contributed by atoms with Crippen molar-refractivity contribution in [3.8, 4) is 23.0 Å². The fraction of sp³-hybridized carbons (Fsp3) is 0.158. The molecular weight excluding hydrogens is 266 g/mol. The maximum Gasteiger partial charge on any atom is 0.175 e. The first kappa shape index (κ1) is 15.0. The minimum atomic E-state index is -0.891. The van der Waals surface area contributed by atoms with Crippen LogP contribution in [0.3, 0.4) is 0 Å². The summed E-state index contributed by atoms with van der Waals surface area (Å²) in [5.74, 6) is 3.38. The van der Waals surface area contributed by atoms with Crippen molar-refractivity contribution in [1.82, 2.24) is 0 Å². The predicted octanol–water partition coefficient (Wildman–Crippen LogP) is 5.12. The quantitative estimate of drug-likeness (QED) is 0.539.